The van der Waals surface area contributed by atoms with Gasteiger partial charge < -0.3 is 5.32 Å². The molecule has 0 spiro atoms. The minimum atomic E-state index is -0.430. The molecule has 0 aromatic heterocycles. The number of hydrogen-bond acceptors (Lipinski definition) is 1. The highest BCUT2D eigenvalue weighted by molar-refractivity contribution is 9.10. The van der Waals surface area contributed by atoms with E-state index in [9.17, 15) is 8.78 Å². The normalized spacial score (nSPS) is 12.3. The van der Waals surface area contributed by atoms with Gasteiger partial charge in [-0.25, -0.2) is 8.78 Å². The molecule has 1 unspecified atom stereocenters. The lowest BCUT2D eigenvalue weighted by atomic mass is 10.1. The van der Waals surface area contributed by atoms with E-state index >= 15 is 0 Å². The predicted octanol–water partition coefficient (Wildman–Crippen LogP) is 5.55. The lowest BCUT2D eigenvalue weighted by molar-refractivity contribution is 0.600. The van der Waals surface area contributed by atoms with Crippen molar-refractivity contribution < 1.29 is 8.78 Å². The molecule has 0 radical (unpaired) electrons. The molecule has 1 nitrogen and oxygen atoms in total. The van der Waals surface area contributed by atoms with Gasteiger partial charge in [0.2, 0.25) is 0 Å². The maximum absolute atomic E-state index is 13.7. The van der Waals surface area contributed by atoms with E-state index in [0.717, 1.165) is 0 Å². The van der Waals surface area contributed by atoms with Crippen LogP contribution in [0.2, 0.25) is 5.02 Å². The van der Waals surface area contributed by atoms with Crippen molar-refractivity contribution >= 4 is 33.2 Å². The van der Waals surface area contributed by atoms with E-state index in [4.69, 9.17) is 11.6 Å². The molecule has 0 bridgehead atoms. The van der Waals surface area contributed by atoms with Crippen LogP contribution in [0.4, 0.5) is 14.5 Å². The minimum absolute atomic E-state index is 0.245. The van der Waals surface area contributed by atoms with Gasteiger partial charge in [-0.3, -0.25) is 0 Å². The fourth-order valence-electron chi connectivity index (χ4n) is 1.80. The zero-order valence-corrected chi connectivity index (χ0v) is 12.4. The second kappa shape index (κ2) is 5.88. The van der Waals surface area contributed by atoms with Gasteiger partial charge >= 0.3 is 0 Å². The maximum Gasteiger partial charge on any atom is 0.128 e. The highest BCUT2D eigenvalue weighted by Gasteiger charge is 2.14. The van der Waals surface area contributed by atoms with Crippen molar-refractivity contribution in [2.45, 2.75) is 13.0 Å². The molecule has 100 valence electrons. The molecule has 0 aliphatic rings. The highest BCUT2D eigenvalue weighted by atomic mass is 79.9. The van der Waals surface area contributed by atoms with Gasteiger partial charge in [0, 0.05) is 10.0 Å². The van der Waals surface area contributed by atoms with Gasteiger partial charge in [-0.2, -0.15) is 0 Å². The fourth-order valence-corrected chi connectivity index (χ4v) is 2.72. The zero-order valence-electron chi connectivity index (χ0n) is 10.1. The first-order valence-corrected chi connectivity index (χ1v) is 6.81. The average Bonchev–Trinajstić information content (AvgIpc) is 2.34. The summed E-state index contributed by atoms with van der Waals surface area (Å²) in [6, 6.07) is 8.71. The molecular formula is C14H11BrClF2N. The number of nitrogens with one attached hydrogen (secondary N) is 1. The molecule has 0 aliphatic carbocycles. The van der Waals surface area contributed by atoms with Gasteiger partial charge in [0.05, 0.1) is 16.8 Å². The van der Waals surface area contributed by atoms with Crippen molar-refractivity contribution in [3.63, 3.8) is 0 Å². The number of anilines is 1. The van der Waals surface area contributed by atoms with Crippen LogP contribution in [0.25, 0.3) is 0 Å². The molecule has 1 N–H and O–H groups in total. The van der Waals surface area contributed by atoms with Crippen LogP contribution in [-0.4, -0.2) is 0 Å². The van der Waals surface area contributed by atoms with E-state index in [-0.39, 0.29) is 16.9 Å². The third-order valence-electron chi connectivity index (χ3n) is 2.74. The topological polar surface area (TPSA) is 12.0 Å². The summed E-state index contributed by atoms with van der Waals surface area (Å²) in [7, 11) is 0. The number of halogens is 4. The van der Waals surface area contributed by atoms with Crippen molar-refractivity contribution in [1.82, 2.24) is 0 Å². The Morgan fingerprint density at radius 2 is 1.89 bits per heavy atom. The molecule has 2 rings (SSSR count). The molecule has 19 heavy (non-hydrogen) atoms. The Morgan fingerprint density at radius 3 is 2.53 bits per heavy atom. The van der Waals surface area contributed by atoms with Gasteiger partial charge in [-0.15, -0.1) is 0 Å². The summed E-state index contributed by atoms with van der Waals surface area (Å²) >= 11 is 9.22. The van der Waals surface area contributed by atoms with Crippen LogP contribution in [0.5, 0.6) is 0 Å². The quantitative estimate of drug-likeness (QED) is 0.768. The molecule has 0 fully saturated rings. The third-order valence-corrected chi connectivity index (χ3v) is 3.66. The van der Waals surface area contributed by atoms with Gasteiger partial charge in [-0.1, -0.05) is 29.8 Å². The molecule has 0 heterocycles. The van der Waals surface area contributed by atoms with E-state index in [1.165, 1.54) is 18.2 Å². The van der Waals surface area contributed by atoms with Crippen LogP contribution in [0.15, 0.2) is 40.9 Å². The Kier molecular flexibility index (Phi) is 4.42. The molecule has 0 saturated carbocycles. The standard InChI is InChI=1S/C14H11BrClF2N/c1-8(10-4-2-3-5-13(10)18)19-14-11(15)6-9(17)7-12(14)16/h2-8,19H,1H3. The molecule has 0 amide bonds. The predicted molar refractivity (Wildman–Crippen MR) is 77.5 cm³/mol. The van der Waals surface area contributed by atoms with Crippen LogP contribution in [0.1, 0.15) is 18.5 Å². The minimum Gasteiger partial charge on any atom is -0.376 e. The Balaban J connectivity index is 2.29. The summed E-state index contributed by atoms with van der Waals surface area (Å²) in [4.78, 5) is 0. The van der Waals surface area contributed by atoms with E-state index < -0.39 is 5.82 Å². The van der Waals surface area contributed by atoms with Gasteiger partial charge in [0.25, 0.3) is 0 Å². The second-order valence-electron chi connectivity index (χ2n) is 4.13. The molecule has 0 aliphatic heterocycles. The molecule has 5 heteroatoms. The van der Waals surface area contributed by atoms with Crippen molar-refractivity contribution in [2.24, 2.45) is 0 Å². The highest BCUT2D eigenvalue weighted by Crippen LogP contribution is 2.34. The first kappa shape index (κ1) is 14.3. The summed E-state index contributed by atoms with van der Waals surface area (Å²) in [6.45, 7) is 1.81. The van der Waals surface area contributed by atoms with E-state index in [0.29, 0.717) is 15.7 Å². The van der Waals surface area contributed by atoms with E-state index in [1.54, 1.807) is 18.2 Å². The number of hydrogen-bond donors (Lipinski definition) is 1. The van der Waals surface area contributed by atoms with Gasteiger partial charge in [-0.05, 0) is 41.1 Å². The molecule has 1 atom stereocenters. The summed E-state index contributed by atoms with van der Waals surface area (Å²) < 4.78 is 27.3. The molecular weight excluding hydrogens is 336 g/mol. The van der Waals surface area contributed by atoms with E-state index in [2.05, 4.69) is 21.2 Å². The maximum atomic E-state index is 13.7. The molecule has 2 aromatic rings. The van der Waals surface area contributed by atoms with Crippen LogP contribution >= 0.6 is 27.5 Å². The first-order valence-electron chi connectivity index (χ1n) is 5.64. The Morgan fingerprint density at radius 1 is 1.21 bits per heavy atom. The summed E-state index contributed by atoms with van der Waals surface area (Å²) in [6.07, 6.45) is 0. The van der Waals surface area contributed by atoms with E-state index in [1.807, 2.05) is 6.92 Å². The summed E-state index contributed by atoms with van der Waals surface area (Å²) in [5.41, 5.74) is 1.06. The van der Waals surface area contributed by atoms with Crippen molar-refractivity contribution in [3.05, 3.63) is 63.1 Å². The van der Waals surface area contributed by atoms with Crippen molar-refractivity contribution in [1.29, 1.82) is 0 Å². The molecule has 0 saturated heterocycles. The van der Waals surface area contributed by atoms with Gasteiger partial charge in [0.1, 0.15) is 11.6 Å². The Hall–Kier alpha value is -1.13. The SMILES string of the molecule is CC(Nc1c(Cl)cc(F)cc1Br)c1ccccc1F. The number of benzene rings is 2. The van der Waals surface area contributed by atoms with Crippen molar-refractivity contribution in [3.8, 4) is 0 Å². The average molecular weight is 347 g/mol. The molecule has 2 aromatic carbocycles. The second-order valence-corrected chi connectivity index (χ2v) is 5.39. The van der Waals surface area contributed by atoms with Crippen LogP contribution in [-0.2, 0) is 0 Å². The Labute approximate surface area is 123 Å². The smallest absolute Gasteiger partial charge is 0.128 e. The largest absolute Gasteiger partial charge is 0.376 e. The first-order chi connectivity index (χ1) is 8.99. The summed E-state index contributed by atoms with van der Waals surface area (Å²) in [5, 5.41) is 3.32. The van der Waals surface area contributed by atoms with Crippen LogP contribution < -0.4 is 5.32 Å². The monoisotopic (exact) mass is 345 g/mol. The van der Waals surface area contributed by atoms with Crippen LogP contribution in [0, 0.1) is 11.6 Å². The fraction of sp³-hybridized carbons (Fsp3) is 0.143. The van der Waals surface area contributed by atoms with Crippen molar-refractivity contribution in [2.75, 3.05) is 5.32 Å². The summed E-state index contributed by atoms with van der Waals surface area (Å²) in [5.74, 6) is -0.724. The van der Waals surface area contributed by atoms with Crippen LogP contribution in [0.3, 0.4) is 0 Å². The third kappa shape index (κ3) is 3.25. The Bertz CT molecular complexity index is 581. The lowest BCUT2D eigenvalue weighted by Gasteiger charge is -2.18. The lowest BCUT2D eigenvalue weighted by Crippen LogP contribution is -2.09. The van der Waals surface area contributed by atoms with Gasteiger partial charge in [0.15, 0.2) is 0 Å². The zero-order chi connectivity index (χ0) is 14.0. The number of rotatable bonds is 3.